The quantitative estimate of drug-likeness (QED) is 0.888. The van der Waals surface area contributed by atoms with Gasteiger partial charge in [-0.25, -0.2) is 0 Å². The average Bonchev–Trinajstić information content (AvgIpc) is 2.86. The van der Waals surface area contributed by atoms with Crippen LogP contribution in [0.5, 0.6) is 5.75 Å². The minimum atomic E-state index is 0.189. The van der Waals surface area contributed by atoms with Crippen molar-refractivity contribution in [3.05, 3.63) is 48.0 Å². The summed E-state index contributed by atoms with van der Waals surface area (Å²) in [4.78, 5) is 0. The van der Waals surface area contributed by atoms with Gasteiger partial charge in [-0.05, 0) is 43.5 Å². The molecule has 2 heteroatoms. The molecule has 1 aliphatic rings. The van der Waals surface area contributed by atoms with Crippen molar-refractivity contribution >= 4 is 5.69 Å². The summed E-state index contributed by atoms with van der Waals surface area (Å²) in [5.41, 5.74) is 5.04. The second-order valence-electron chi connectivity index (χ2n) is 5.21. The lowest BCUT2D eigenvalue weighted by Crippen LogP contribution is -2.06. The van der Waals surface area contributed by atoms with Gasteiger partial charge >= 0.3 is 0 Å². The van der Waals surface area contributed by atoms with Gasteiger partial charge in [0.2, 0.25) is 0 Å². The molecule has 1 heterocycles. The van der Waals surface area contributed by atoms with E-state index in [2.05, 4.69) is 49.5 Å². The first-order valence-corrected chi connectivity index (χ1v) is 6.87. The molecule has 19 heavy (non-hydrogen) atoms. The van der Waals surface area contributed by atoms with Gasteiger partial charge in [-0.3, -0.25) is 0 Å². The Morgan fingerprint density at radius 2 is 1.95 bits per heavy atom. The second kappa shape index (κ2) is 4.96. The van der Waals surface area contributed by atoms with Crippen LogP contribution < -0.4 is 10.1 Å². The molecular weight excluding hydrogens is 234 g/mol. The molecule has 1 N–H and O–H groups in total. The smallest absolute Gasteiger partial charge is 0.127 e. The Balaban J connectivity index is 2.02. The van der Waals surface area contributed by atoms with Crippen LogP contribution in [0.25, 0.3) is 11.1 Å². The van der Waals surface area contributed by atoms with Crippen molar-refractivity contribution in [2.24, 2.45) is 0 Å². The van der Waals surface area contributed by atoms with Crippen LogP contribution in [0, 0.1) is 0 Å². The normalized spacial score (nSPS) is 13.2. The maximum absolute atomic E-state index is 5.90. The lowest BCUT2D eigenvalue weighted by atomic mass is 10.0. The largest absolute Gasteiger partial charge is 0.490 e. The number of ether oxygens (including phenoxy) is 1. The summed E-state index contributed by atoms with van der Waals surface area (Å²) in [5, 5.41) is 3.43. The number of anilines is 1. The highest BCUT2D eigenvalue weighted by Crippen LogP contribution is 2.34. The van der Waals surface area contributed by atoms with Crippen LogP contribution in [0.1, 0.15) is 19.4 Å². The maximum atomic E-state index is 5.90. The van der Waals surface area contributed by atoms with E-state index in [9.17, 15) is 0 Å². The van der Waals surface area contributed by atoms with Gasteiger partial charge in [0.1, 0.15) is 5.75 Å². The molecule has 2 aromatic carbocycles. The first-order chi connectivity index (χ1) is 9.24. The molecule has 0 amide bonds. The summed E-state index contributed by atoms with van der Waals surface area (Å²) in [7, 11) is 0. The van der Waals surface area contributed by atoms with Crippen molar-refractivity contribution in [3.8, 4) is 16.9 Å². The first kappa shape index (κ1) is 12.1. The molecule has 1 aliphatic heterocycles. The predicted octanol–water partition coefficient (Wildman–Crippen LogP) is 4.11. The van der Waals surface area contributed by atoms with Crippen LogP contribution in [0.15, 0.2) is 42.5 Å². The van der Waals surface area contributed by atoms with Crippen molar-refractivity contribution in [1.29, 1.82) is 0 Å². The van der Waals surface area contributed by atoms with Crippen LogP contribution in [0.3, 0.4) is 0 Å². The summed E-state index contributed by atoms with van der Waals surface area (Å²) in [6.07, 6.45) is 1.31. The second-order valence-corrected chi connectivity index (χ2v) is 5.21. The van der Waals surface area contributed by atoms with E-state index in [1.54, 1.807) is 0 Å². The molecular formula is C17H19NO. The van der Waals surface area contributed by atoms with Gasteiger partial charge in [0.25, 0.3) is 0 Å². The number of nitrogens with one attached hydrogen (secondary N) is 1. The average molecular weight is 253 g/mol. The highest BCUT2D eigenvalue weighted by atomic mass is 16.5. The third-order valence-electron chi connectivity index (χ3n) is 3.38. The van der Waals surface area contributed by atoms with Gasteiger partial charge in [-0.15, -0.1) is 0 Å². The molecule has 0 saturated carbocycles. The van der Waals surface area contributed by atoms with Gasteiger partial charge in [0.05, 0.1) is 6.10 Å². The summed E-state index contributed by atoms with van der Waals surface area (Å²) in [6.45, 7) is 5.16. The summed E-state index contributed by atoms with van der Waals surface area (Å²) < 4.78 is 5.90. The zero-order chi connectivity index (χ0) is 13.2. The Bertz CT molecular complexity index is 590. The number of hydrogen-bond donors (Lipinski definition) is 1. The summed E-state index contributed by atoms with van der Waals surface area (Å²) in [5.74, 6) is 0.954. The lowest BCUT2D eigenvalue weighted by Gasteiger charge is -2.15. The van der Waals surface area contributed by atoms with Crippen molar-refractivity contribution in [2.75, 3.05) is 11.9 Å². The predicted molar refractivity (Wildman–Crippen MR) is 79.8 cm³/mol. The molecule has 0 bridgehead atoms. The molecule has 3 rings (SSSR count). The van der Waals surface area contributed by atoms with E-state index in [0.717, 1.165) is 24.3 Å². The lowest BCUT2D eigenvalue weighted by molar-refractivity contribution is 0.243. The molecule has 2 aromatic rings. The van der Waals surface area contributed by atoms with E-state index < -0.39 is 0 Å². The van der Waals surface area contributed by atoms with Crippen molar-refractivity contribution in [3.63, 3.8) is 0 Å². The Hall–Kier alpha value is -1.96. The van der Waals surface area contributed by atoms with Crippen LogP contribution in [-0.2, 0) is 6.42 Å². The third-order valence-corrected chi connectivity index (χ3v) is 3.38. The maximum Gasteiger partial charge on any atom is 0.127 e. The molecule has 2 nitrogen and oxygen atoms in total. The van der Waals surface area contributed by atoms with Crippen molar-refractivity contribution in [2.45, 2.75) is 26.4 Å². The third kappa shape index (κ3) is 2.43. The minimum absolute atomic E-state index is 0.189. The zero-order valence-corrected chi connectivity index (χ0v) is 11.4. The zero-order valence-electron chi connectivity index (χ0n) is 11.4. The molecule has 0 radical (unpaired) electrons. The molecule has 0 atom stereocenters. The number of para-hydroxylation sites is 1. The summed E-state index contributed by atoms with van der Waals surface area (Å²) in [6, 6.07) is 14.9. The Morgan fingerprint density at radius 3 is 2.79 bits per heavy atom. The number of hydrogen-bond acceptors (Lipinski definition) is 2. The van der Waals surface area contributed by atoms with Crippen LogP contribution in [-0.4, -0.2) is 12.6 Å². The van der Waals surface area contributed by atoms with E-state index in [1.807, 2.05) is 12.1 Å². The Labute approximate surface area is 114 Å². The fraction of sp³-hybridized carbons (Fsp3) is 0.294. The van der Waals surface area contributed by atoms with Crippen LogP contribution >= 0.6 is 0 Å². The number of rotatable bonds is 3. The SMILES string of the molecule is CC(C)Oc1ccccc1-c1ccc2c(c1)NCC2. The molecule has 0 saturated heterocycles. The Kier molecular flexibility index (Phi) is 3.16. The fourth-order valence-corrected chi connectivity index (χ4v) is 2.52. The van der Waals surface area contributed by atoms with E-state index in [0.29, 0.717) is 0 Å². The van der Waals surface area contributed by atoms with Crippen LogP contribution in [0.2, 0.25) is 0 Å². The molecule has 0 aromatic heterocycles. The summed E-state index contributed by atoms with van der Waals surface area (Å²) >= 11 is 0. The molecule has 98 valence electrons. The van der Waals surface area contributed by atoms with Crippen LogP contribution in [0.4, 0.5) is 5.69 Å². The van der Waals surface area contributed by atoms with E-state index in [-0.39, 0.29) is 6.10 Å². The molecule has 0 aliphatic carbocycles. The van der Waals surface area contributed by atoms with Gasteiger partial charge in [0, 0.05) is 17.8 Å². The topological polar surface area (TPSA) is 21.3 Å². The minimum Gasteiger partial charge on any atom is -0.490 e. The molecule has 0 fully saturated rings. The Morgan fingerprint density at radius 1 is 1.11 bits per heavy atom. The standard InChI is InChI=1S/C17H19NO/c1-12(2)19-17-6-4-3-5-15(17)14-8-7-13-9-10-18-16(13)11-14/h3-8,11-12,18H,9-10H2,1-2H3. The van der Waals surface area contributed by atoms with E-state index in [4.69, 9.17) is 4.74 Å². The van der Waals surface area contributed by atoms with E-state index in [1.165, 1.54) is 16.8 Å². The number of fused-ring (bicyclic) bond motifs is 1. The van der Waals surface area contributed by atoms with Gasteiger partial charge in [0.15, 0.2) is 0 Å². The first-order valence-electron chi connectivity index (χ1n) is 6.87. The van der Waals surface area contributed by atoms with Gasteiger partial charge in [-0.2, -0.15) is 0 Å². The molecule has 0 unspecified atom stereocenters. The van der Waals surface area contributed by atoms with E-state index >= 15 is 0 Å². The van der Waals surface area contributed by atoms with Crippen molar-refractivity contribution in [1.82, 2.24) is 0 Å². The highest BCUT2D eigenvalue weighted by molar-refractivity contribution is 5.75. The van der Waals surface area contributed by atoms with Gasteiger partial charge in [-0.1, -0.05) is 30.3 Å². The van der Waals surface area contributed by atoms with Crippen molar-refractivity contribution < 1.29 is 4.74 Å². The fourth-order valence-electron chi connectivity index (χ4n) is 2.52. The monoisotopic (exact) mass is 253 g/mol. The van der Waals surface area contributed by atoms with Gasteiger partial charge < -0.3 is 10.1 Å². The highest BCUT2D eigenvalue weighted by Gasteiger charge is 2.13. The number of benzene rings is 2. The molecule has 0 spiro atoms.